The first-order valence-corrected chi connectivity index (χ1v) is 27.0. The summed E-state index contributed by atoms with van der Waals surface area (Å²) in [4.78, 5) is 11.8. The van der Waals surface area contributed by atoms with Crippen LogP contribution < -0.4 is 4.90 Å². The Kier molecular flexibility index (Phi) is 9.98. The molecule has 7 nitrogen and oxygen atoms in total. The van der Waals surface area contributed by atoms with E-state index in [9.17, 15) is 0 Å². The van der Waals surface area contributed by atoms with Crippen molar-refractivity contribution in [1.82, 2.24) is 23.7 Å². The number of pyridine rings is 2. The Balaban J connectivity index is 0.000000130. The second-order valence-corrected chi connectivity index (χ2v) is 20.8. The number of furan rings is 1. The molecule has 0 fully saturated rings. The van der Waals surface area contributed by atoms with E-state index in [1.807, 2.05) is 29.9 Å². The number of hydrogen-bond acceptors (Lipinski definition) is 5. The molecule has 0 aliphatic rings. The molecule has 0 radical (unpaired) electrons. The van der Waals surface area contributed by atoms with Gasteiger partial charge in [0.25, 0.3) is 0 Å². The Morgan fingerprint density at radius 1 is 0.333 bits per heavy atom. The van der Waals surface area contributed by atoms with Crippen LogP contribution >= 0.6 is 11.3 Å². The predicted octanol–water partition coefficient (Wildman–Crippen LogP) is 19.2. The fraction of sp³-hybridized carbons (Fsp3) is 0. The van der Waals surface area contributed by atoms with Gasteiger partial charge in [0.2, 0.25) is 5.71 Å². The van der Waals surface area contributed by atoms with Crippen molar-refractivity contribution in [2.45, 2.75) is 0 Å². The summed E-state index contributed by atoms with van der Waals surface area (Å²) in [7, 11) is 0. The zero-order chi connectivity index (χ0) is 51.3. The fourth-order valence-corrected chi connectivity index (χ4v) is 13.2. The first-order chi connectivity index (χ1) is 38.7. The molecule has 0 saturated carbocycles. The van der Waals surface area contributed by atoms with E-state index >= 15 is 0 Å². The van der Waals surface area contributed by atoms with Crippen LogP contribution in [0.2, 0.25) is 0 Å². The lowest BCUT2D eigenvalue weighted by Gasteiger charge is -2.25. The van der Waals surface area contributed by atoms with Crippen molar-refractivity contribution in [3.8, 4) is 17.1 Å². The van der Waals surface area contributed by atoms with Crippen LogP contribution in [0.3, 0.4) is 0 Å². The summed E-state index contributed by atoms with van der Waals surface area (Å²) in [6.07, 6.45) is 5.92. The minimum absolute atomic E-state index is 0.647. The second-order valence-electron chi connectivity index (χ2n) is 19.8. The summed E-state index contributed by atoms with van der Waals surface area (Å²) >= 11 is 1.83. The van der Waals surface area contributed by atoms with Gasteiger partial charge in [-0.15, -0.1) is 11.3 Å². The summed E-state index contributed by atoms with van der Waals surface area (Å²) in [5, 5.41) is 12.0. The first-order valence-electron chi connectivity index (χ1n) is 26.2. The maximum Gasteiger partial charge on any atom is 0.227 e. The molecule has 8 heteroatoms. The van der Waals surface area contributed by atoms with Crippen molar-refractivity contribution in [2.24, 2.45) is 0 Å². The normalized spacial score (nSPS) is 11.8. The molecule has 10 aromatic carbocycles. The van der Waals surface area contributed by atoms with Crippen LogP contribution in [0.25, 0.3) is 125 Å². The van der Waals surface area contributed by atoms with Gasteiger partial charge in [0.15, 0.2) is 0 Å². The van der Waals surface area contributed by atoms with Gasteiger partial charge in [-0.3, -0.25) is 4.98 Å². The predicted molar refractivity (Wildman–Crippen MR) is 326 cm³/mol. The lowest BCUT2D eigenvalue weighted by molar-refractivity contribution is 0.654. The summed E-state index contributed by atoms with van der Waals surface area (Å²) in [5.74, 6) is 0. The van der Waals surface area contributed by atoms with Gasteiger partial charge in [0.05, 0.1) is 67.0 Å². The Labute approximate surface area is 450 Å². The molecule has 0 aliphatic heterocycles. The molecule has 0 spiro atoms. The van der Waals surface area contributed by atoms with E-state index in [1.54, 1.807) is 0 Å². The molecular weight excluding hydrogens is 973 g/mol. The largest absolute Gasteiger partial charge is 0.438 e. The highest BCUT2D eigenvalue weighted by atomic mass is 32.1. The van der Waals surface area contributed by atoms with Gasteiger partial charge in [-0.05, 0) is 103 Å². The molecule has 7 heterocycles. The highest BCUT2D eigenvalue weighted by Gasteiger charge is 2.21. The fourth-order valence-electron chi connectivity index (χ4n) is 12.0. The number of rotatable bonds is 6. The van der Waals surface area contributed by atoms with Crippen molar-refractivity contribution in [3.63, 3.8) is 0 Å². The molecule has 7 aromatic heterocycles. The number of aromatic nitrogens is 5. The lowest BCUT2D eigenvalue weighted by atomic mass is 10.1. The quantitative estimate of drug-likeness (QED) is 0.167. The zero-order valence-electron chi connectivity index (χ0n) is 41.9. The van der Waals surface area contributed by atoms with Crippen LogP contribution in [0.5, 0.6) is 0 Å². The first kappa shape index (κ1) is 44.1. The Hall–Kier alpha value is -10.3. The van der Waals surface area contributed by atoms with E-state index in [2.05, 4.69) is 267 Å². The molecular formula is C70H44N6OS. The van der Waals surface area contributed by atoms with Gasteiger partial charge < -0.3 is 23.0 Å². The number of para-hydroxylation sites is 8. The third kappa shape index (κ3) is 6.83. The van der Waals surface area contributed by atoms with Crippen molar-refractivity contribution < 1.29 is 4.42 Å². The number of nitrogens with zero attached hydrogens (tertiary/aromatic N) is 6. The Morgan fingerprint density at radius 2 is 0.744 bits per heavy atom. The van der Waals surface area contributed by atoms with Crippen LogP contribution in [0.15, 0.2) is 272 Å². The average molecular weight is 1020 g/mol. The van der Waals surface area contributed by atoms with Gasteiger partial charge in [0.1, 0.15) is 5.58 Å². The number of fused-ring (bicyclic) bond motifs is 15. The SMILES string of the molecule is c1ccc(N(c2ccccc2)c2cncc3c2sc2ccc(-n4c5ccccc5c5ccccc54)cc23)cc1.c1ccc2c(c1)c1ccccc1n2-c1ccc2oc3ncc(-n4c5ccccc5c5ccccc54)cc3c2c1. The standard InChI is InChI=1S/C35H21N3O.C35H23N3S/c1-5-13-30-24(9-1)25-10-2-6-14-31(25)37(30)22-17-18-34-28(19-22)29-20-23(21-36-35(29)39-34)38-32-15-7-3-11-26(32)27-12-4-8-16-33(27)38;1-3-11-24(12-4-1)37(25-13-5-2-6-14-25)33-23-36-22-30-29-21-26(19-20-34(29)39-35(30)33)38-31-17-9-7-15-27(31)28-16-8-10-18-32(28)38/h1-21H;1-23H. The van der Waals surface area contributed by atoms with E-state index in [4.69, 9.17) is 14.4 Å². The van der Waals surface area contributed by atoms with Crippen molar-refractivity contribution >= 4 is 136 Å². The summed E-state index contributed by atoms with van der Waals surface area (Å²) < 4.78 is 15.7. The van der Waals surface area contributed by atoms with Crippen LogP contribution in [0.1, 0.15) is 0 Å². The molecule has 0 N–H and O–H groups in total. The van der Waals surface area contributed by atoms with Crippen molar-refractivity contribution in [3.05, 3.63) is 267 Å². The van der Waals surface area contributed by atoms with Gasteiger partial charge in [0, 0.05) is 82.1 Å². The maximum atomic E-state index is 6.22. The minimum Gasteiger partial charge on any atom is -0.438 e. The van der Waals surface area contributed by atoms with Gasteiger partial charge >= 0.3 is 0 Å². The molecule has 0 aliphatic carbocycles. The molecule has 17 rings (SSSR count). The maximum absolute atomic E-state index is 6.22. The monoisotopic (exact) mass is 1020 g/mol. The third-order valence-corrected chi connectivity index (χ3v) is 16.6. The van der Waals surface area contributed by atoms with Gasteiger partial charge in [-0.2, -0.15) is 0 Å². The van der Waals surface area contributed by atoms with Crippen LogP contribution in [-0.2, 0) is 0 Å². The molecule has 0 atom stereocenters. The topological polar surface area (TPSA) is 57.0 Å². The van der Waals surface area contributed by atoms with E-state index < -0.39 is 0 Å². The molecule has 17 aromatic rings. The van der Waals surface area contributed by atoms with E-state index in [1.165, 1.54) is 85.6 Å². The second kappa shape index (κ2) is 17.7. The van der Waals surface area contributed by atoms with Crippen LogP contribution in [0.4, 0.5) is 17.1 Å². The van der Waals surface area contributed by atoms with Gasteiger partial charge in [-0.25, -0.2) is 4.98 Å². The summed E-state index contributed by atoms with van der Waals surface area (Å²) in [5.41, 5.74) is 15.2. The highest BCUT2D eigenvalue weighted by molar-refractivity contribution is 7.26. The van der Waals surface area contributed by atoms with E-state index in [-0.39, 0.29) is 0 Å². The number of anilines is 3. The molecule has 0 bridgehead atoms. The zero-order valence-corrected chi connectivity index (χ0v) is 42.7. The highest BCUT2D eigenvalue weighted by Crippen LogP contribution is 2.45. The lowest BCUT2D eigenvalue weighted by Crippen LogP contribution is -2.10. The molecule has 0 amide bonds. The number of benzene rings is 10. The minimum atomic E-state index is 0.647. The molecule has 78 heavy (non-hydrogen) atoms. The molecule has 366 valence electrons. The Bertz CT molecular complexity index is 4810. The number of hydrogen-bond donors (Lipinski definition) is 0. The smallest absolute Gasteiger partial charge is 0.227 e. The summed E-state index contributed by atoms with van der Waals surface area (Å²) in [6, 6.07) is 88.2. The van der Waals surface area contributed by atoms with Gasteiger partial charge in [-0.1, -0.05) is 146 Å². The Morgan fingerprint density at radius 3 is 1.23 bits per heavy atom. The molecule has 0 saturated heterocycles. The van der Waals surface area contributed by atoms with E-state index in [0.29, 0.717) is 5.71 Å². The third-order valence-electron chi connectivity index (χ3n) is 15.4. The summed E-state index contributed by atoms with van der Waals surface area (Å²) in [6.45, 7) is 0. The van der Waals surface area contributed by atoms with Crippen LogP contribution in [-0.4, -0.2) is 23.7 Å². The average Bonchev–Trinajstić information content (AvgIpc) is 4.45. The van der Waals surface area contributed by atoms with Crippen molar-refractivity contribution in [2.75, 3.05) is 4.90 Å². The van der Waals surface area contributed by atoms with E-state index in [0.717, 1.165) is 50.5 Å². The van der Waals surface area contributed by atoms with Crippen molar-refractivity contribution in [1.29, 1.82) is 0 Å². The van der Waals surface area contributed by atoms with Crippen LogP contribution in [0, 0.1) is 0 Å². The number of thiophene rings is 1. The molecule has 0 unspecified atom stereocenters.